The van der Waals surface area contributed by atoms with Gasteiger partial charge in [-0.2, -0.15) is 0 Å². The fourth-order valence-corrected chi connectivity index (χ4v) is 3.40. The van der Waals surface area contributed by atoms with Gasteiger partial charge in [0.15, 0.2) is 0 Å². The molecule has 0 aromatic heterocycles. The van der Waals surface area contributed by atoms with Crippen LogP contribution in [0.4, 0.5) is 0 Å². The van der Waals surface area contributed by atoms with Gasteiger partial charge in [-0.25, -0.2) is 0 Å². The molecule has 2 aliphatic heterocycles. The first-order chi connectivity index (χ1) is 9.12. The molecule has 0 bridgehead atoms. The number of carbonyl (C=O) groups is 1. The van der Waals surface area contributed by atoms with Gasteiger partial charge in [-0.15, -0.1) is 0 Å². The summed E-state index contributed by atoms with van der Waals surface area (Å²) < 4.78 is 0. The summed E-state index contributed by atoms with van der Waals surface area (Å²) in [6.45, 7) is 14.9. The summed E-state index contributed by atoms with van der Waals surface area (Å²) in [5, 5.41) is 0.340. The normalized spacial score (nSPS) is 21.6. The van der Waals surface area contributed by atoms with Crippen molar-refractivity contribution in [3.05, 3.63) is 0 Å². The number of likely N-dealkylation sites (tertiary alicyclic amines) is 1. The molecule has 2 saturated heterocycles. The van der Waals surface area contributed by atoms with E-state index in [1.165, 1.54) is 0 Å². The lowest BCUT2D eigenvalue weighted by atomic mass is 10.0. The second-order valence-electron chi connectivity index (χ2n) is 4.08. The third-order valence-electron chi connectivity index (χ3n) is 3.13. The summed E-state index contributed by atoms with van der Waals surface area (Å²) in [4.78, 5) is 16.0. The molecule has 2 aliphatic rings. The Balaban J connectivity index is 0. The molecule has 0 aromatic rings. The molecule has 19 heavy (non-hydrogen) atoms. The van der Waals surface area contributed by atoms with Gasteiger partial charge in [-0.3, -0.25) is 9.69 Å². The minimum absolute atomic E-state index is 0.142. The number of likely N-dealkylation sites (N-methyl/N-ethyl adjacent to an activating group) is 1. The standard InChI is InChI=1S/C9H16N2OS.3C2H6/c1-10-5-3-9(4-6-10)11(2)7-8(12)13-9;3*1-2/h3-7H2,1-2H3;3*1-2H3. The van der Waals surface area contributed by atoms with Crippen molar-refractivity contribution in [2.24, 2.45) is 0 Å². The number of hydrogen-bond acceptors (Lipinski definition) is 4. The van der Waals surface area contributed by atoms with Gasteiger partial charge in [0.05, 0.1) is 11.4 Å². The Morgan fingerprint density at radius 3 is 1.68 bits per heavy atom. The average Bonchev–Trinajstić information content (AvgIpc) is 2.75. The molecular formula is C15H34N2OS. The second kappa shape index (κ2) is 11.7. The third-order valence-corrected chi connectivity index (χ3v) is 4.59. The van der Waals surface area contributed by atoms with Crippen LogP contribution in [-0.4, -0.2) is 53.5 Å². The van der Waals surface area contributed by atoms with Gasteiger partial charge < -0.3 is 4.90 Å². The topological polar surface area (TPSA) is 23.6 Å². The van der Waals surface area contributed by atoms with E-state index in [0.717, 1.165) is 25.9 Å². The van der Waals surface area contributed by atoms with Crippen LogP contribution in [0, 0.1) is 0 Å². The lowest BCUT2D eigenvalue weighted by Gasteiger charge is -2.40. The SMILES string of the molecule is CC.CC.CC.CN1CCC2(CC1)SC(=O)CN2C. The van der Waals surface area contributed by atoms with Gasteiger partial charge in [-0.1, -0.05) is 53.3 Å². The molecule has 0 saturated carbocycles. The molecule has 1 spiro atoms. The molecule has 0 amide bonds. The van der Waals surface area contributed by atoms with Crippen LogP contribution in [-0.2, 0) is 4.79 Å². The minimum atomic E-state index is 0.142. The predicted molar refractivity (Wildman–Crippen MR) is 88.7 cm³/mol. The number of thioether (sulfide) groups is 1. The molecule has 0 aliphatic carbocycles. The Labute approximate surface area is 125 Å². The molecule has 2 rings (SSSR count). The highest BCUT2D eigenvalue weighted by Crippen LogP contribution is 2.43. The Bertz CT molecular complexity index is 226. The number of piperidine rings is 1. The van der Waals surface area contributed by atoms with Crippen LogP contribution in [0.5, 0.6) is 0 Å². The van der Waals surface area contributed by atoms with E-state index in [1.54, 1.807) is 11.8 Å². The van der Waals surface area contributed by atoms with E-state index in [1.807, 2.05) is 41.5 Å². The van der Waals surface area contributed by atoms with Gasteiger partial charge in [0.25, 0.3) is 0 Å². The molecule has 116 valence electrons. The fourth-order valence-electron chi connectivity index (χ4n) is 2.11. The van der Waals surface area contributed by atoms with Crippen LogP contribution >= 0.6 is 11.8 Å². The van der Waals surface area contributed by atoms with E-state index in [4.69, 9.17) is 0 Å². The summed E-state index contributed by atoms with van der Waals surface area (Å²) in [5.41, 5.74) is 0. The molecule has 0 atom stereocenters. The summed E-state index contributed by atoms with van der Waals surface area (Å²) in [6.07, 6.45) is 2.24. The van der Waals surface area contributed by atoms with Gasteiger partial charge in [0.1, 0.15) is 0 Å². The monoisotopic (exact) mass is 290 g/mol. The van der Waals surface area contributed by atoms with Crippen molar-refractivity contribution in [2.75, 3.05) is 33.7 Å². The Kier molecular flexibility index (Phi) is 13.1. The first kappa shape index (κ1) is 21.2. The van der Waals surface area contributed by atoms with Gasteiger partial charge >= 0.3 is 0 Å². The number of rotatable bonds is 0. The largest absolute Gasteiger partial charge is 0.306 e. The van der Waals surface area contributed by atoms with E-state index >= 15 is 0 Å². The Morgan fingerprint density at radius 2 is 1.37 bits per heavy atom. The summed E-state index contributed by atoms with van der Waals surface area (Å²) in [7, 11) is 4.22. The van der Waals surface area contributed by atoms with E-state index in [0.29, 0.717) is 11.7 Å². The third kappa shape index (κ3) is 6.28. The second-order valence-corrected chi connectivity index (χ2v) is 5.50. The summed E-state index contributed by atoms with van der Waals surface area (Å²) in [5.74, 6) is 0. The van der Waals surface area contributed by atoms with Crippen LogP contribution in [0.15, 0.2) is 0 Å². The molecule has 2 fully saturated rings. The van der Waals surface area contributed by atoms with Crippen molar-refractivity contribution in [1.29, 1.82) is 0 Å². The van der Waals surface area contributed by atoms with Gasteiger partial charge in [0.2, 0.25) is 5.12 Å². The highest BCUT2D eigenvalue weighted by molar-refractivity contribution is 8.15. The zero-order chi connectivity index (χ0) is 15.5. The molecule has 3 nitrogen and oxygen atoms in total. The van der Waals surface area contributed by atoms with Crippen LogP contribution in [0.25, 0.3) is 0 Å². The summed E-state index contributed by atoms with van der Waals surface area (Å²) >= 11 is 1.56. The van der Waals surface area contributed by atoms with Crippen molar-refractivity contribution >= 4 is 16.9 Å². The highest BCUT2D eigenvalue weighted by atomic mass is 32.2. The Morgan fingerprint density at radius 1 is 0.947 bits per heavy atom. The van der Waals surface area contributed by atoms with Crippen molar-refractivity contribution in [1.82, 2.24) is 9.80 Å². The molecular weight excluding hydrogens is 256 g/mol. The van der Waals surface area contributed by atoms with Crippen LogP contribution in [0.2, 0.25) is 0 Å². The lowest BCUT2D eigenvalue weighted by Crippen LogP contribution is -2.47. The van der Waals surface area contributed by atoms with E-state index in [9.17, 15) is 4.79 Å². The molecule has 0 unspecified atom stereocenters. The minimum Gasteiger partial charge on any atom is -0.306 e. The van der Waals surface area contributed by atoms with Crippen molar-refractivity contribution in [2.45, 2.75) is 59.3 Å². The van der Waals surface area contributed by atoms with Crippen LogP contribution < -0.4 is 0 Å². The predicted octanol–water partition coefficient (Wildman–Crippen LogP) is 3.69. The van der Waals surface area contributed by atoms with E-state index < -0.39 is 0 Å². The molecule has 2 heterocycles. The number of nitrogens with zero attached hydrogens (tertiary/aromatic N) is 2. The molecule has 4 heteroatoms. The average molecular weight is 291 g/mol. The Hall–Kier alpha value is -0.0600. The van der Waals surface area contributed by atoms with Gasteiger partial charge in [0, 0.05) is 13.1 Å². The maximum absolute atomic E-state index is 11.3. The maximum Gasteiger partial charge on any atom is 0.204 e. The lowest BCUT2D eigenvalue weighted by molar-refractivity contribution is -0.111. The first-order valence-corrected chi connectivity index (χ1v) is 8.56. The fraction of sp³-hybridized carbons (Fsp3) is 0.933. The van der Waals surface area contributed by atoms with Crippen molar-refractivity contribution in [3.8, 4) is 0 Å². The molecule has 0 aromatic carbocycles. The maximum atomic E-state index is 11.3. The van der Waals surface area contributed by atoms with Crippen LogP contribution in [0.1, 0.15) is 54.4 Å². The zero-order valence-corrected chi connectivity index (χ0v) is 15.1. The zero-order valence-electron chi connectivity index (χ0n) is 14.2. The summed E-state index contributed by atoms with van der Waals surface area (Å²) in [6, 6.07) is 0. The van der Waals surface area contributed by atoms with E-state index in [-0.39, 0.29) is 4.87 Å². The van der Waals surface area contributed by atoms with Crippen molar-refractivity contribution in [3.63, 3.8) is 0 Å². The van der Waals surface area contributed by atoms with Crippen molar-refractivity contribution < 1.29 is 4.79 Å². The molecule has 0 radical (unpaired) electrons. The van der Waals surface area contributed by atoms with Crippen LogP contribution in [0.3, 0.4) is 0 Å². The number of carbonyl (C=O) groups excluding carboxylic acids is 1. The quantitative estimate of drug-likeness (QED) is 0.679. The van der Waals surface area contributed by atoms with E-state index in [2.05, 4.69) is 23.9 Å². The highest BCUT2D eigenvalue weighted by Gasteiger charge is 2.45. The van der Waals surface area contributed by atoms with Gasteiger partial charge in [-0.05, 0) is 26.9 Å². The smallest absolute Gasteiger partial charge is 0.204 e. The molecule has 0 N–H and O–H groups in total. The first-order valence-electron chi connectivity index (χ1n) is 7.74. The number of hydrogen-bond donors (Lipinski definition) is 0.